The molecule has 0 aromatic carbocycles. The monoisotopic (exact) mass is 170 g/mol. The SMILES string of the molecule is CCc1[nH]nc(C2CC2)c1Cl. The smallest absolute Gasteiger partial charge is 0.0850 e. The van der Waals surface area contributed by atoms with Gasteiger partial charge < -0.3 is 0 Å². The van der Waals surface area contributed by atoms with Crippen molar-refractivity contribution in [2.24, 2.45) is 0 Å². The van der Waals surface area contributed by atoms with E-state index < -0.39 is 0 Å². The van der Waals surface area contributed by atoms with Crippen LogP contribution in [0.3, 0.4) is 0 Å². The van der Waals surface area contributed by atoms with Crippen molar-refractivity contribution in [3.63, 3.8) is 0 Å². The fourth-order valence-electron chi connectivity index (χ4n) is 1.24. The van der Waals surface area contributed by atoms with Gasteiger partial charge in [-0.05, 0) is 19.3 Å². The molecule has 0 bridgehead atoms. The molecule has 2 nitrogen and oxygen atoms in total. The third-order valence-corrected chi connectivity index (χ3v) is 2.54. The summed E-state index contributed by atoms with van der Waals surface area (Å²) in [6.07, 6.45) is 3.46. The zero-order valence-corrected chi connectivity index (χ0v) is 7.28. The van der Waals surface area contributed by atoms with Crippen molar-refractivity contribution < 1.29 is 0 Å². The van der Waals surface area contributed by atoms with Crippen LogP contribution in [0.2, 0.25) is 5.02 Å². The van der Waals surface area contributed by atoms with Gasteiger partial charge in [0.15, 0.2) is 0 Å². The number of aryl methyl sites for hydroxylation is 1. The number of hydrogen-bond donors (Lipinski definition) is 1. The van der Waals surface area contributed by atoms with Gasteiger partial charge in [0.1, 0.15) is 0 Å². The van der Waals surface area contributed by atoms with Gasteiger partial charge in [0.2, 0.25) is 0 Å². The van der Waals surface area contributed by atoms with Gasteiger partial charge in [0.25, 0.3) is 0 Å². The predicted octanol–water partition coefficient (Wildman–Crippen LogP) is 2.50. The molecule has 2 rings (SSSR count). The maximum absolute atomic E-state index is 6.07. The second kappa shape index (κ2) is 2.52. The zero-order chi connectivity index (χ0) is 7.84. The molecule has 3 heteroatoms. The van der Waals surface area contributed by atoms with Crippen molar-refractivity contribution in [1.29, 1.82) is 0 Å². The van der Waals surface area contributed by atoms with Gasteiger partial charge >= 0.3 is 0 Å². The van der Waals surface area contributed by atoms with Crippen LogP contribution in [0.1, 0.15) is 37.1 Å². The molecular formula is C8H11ClN2. The topological polar surface area (TPSA) is 28.7 Å². The number of halogens is 1. The van der Waals surface area contributed by atoms with Gasteiger partial charge in [-0.15, -0.1) is 0 Å². The van der Waals surface area contributed by atoms with E-state index in [2.05, 4.69) is 17.1 Å². The normalized spacial score (nSPS) is 17.3. The molecule has 1 saturated carbocycles. The Morgan fingerprint density at radius 1 is 1.64 bits per heavy atom. The van der Waals surface area contributed by atoms with Gasteiger partial charge in [-0.25, -0.2) is 0 Å². The summed E-state index contributed by atoms with van der Waals surface area (Å²) in [6.45, 7) is 2.08. The van der Waals surface area contributed by atoms with Crippen molar-refractivity contribution in [3.8, 4) is 0 Å². The fourth-order valence-corrected chi connectivity index (χ4v) is 1.61. The number of hydrogen-bond acceptors (Lipinski definition) is 1. The summed E-state index contributed by atoms with van der Waals surface area (Å²) in [6, 6.07) is 0. The largest absolute Gasteiger partial charge is 0.281 e. The van der Waals surface area contributed by atoms with Crippen molar-refractivity contribution in [2.75, 3.05) is 0 Å². The van der Waals surface area contributed by atoms with Gasteiger partial charge in [0.05, 0.1) is 16.4 Å². The van der Waals surface area contributed by atoms with E-state index in [-0.39, 0.29) is 0 Å². The lowest BCUT2D eigenvalue weighted by Gasteiger charge is -1.90. The van der Waals surface area contributed by atoms with Crippen molar-refractivity contribution >= 4 is 11.6 Å². The first-order valence-electron chi connectivity index (χ1n) is 4.05. The number of nitrogens with zero attached hydrogens (tertiary/aromatic N) is 1. The second-order valence-corrected chi connectivity index (χ2v) is 3.41. The average Bonchev–Trinajstić information content (AvgIpc) is 2.77. The van der Waals surface area contributed by atoms with Crippen LogP contribution in [-0.2, 0) is 6.42 Å². The Kier molecular flexibility index (Phi) is 1.64. The summed E-state index contributed by atoms with van der Waals surface area (Å²) in [7, 11) is 0. The highest BCUT2D eigenvalue weighted by molar-refractivity contribution is 6.32. The fraction of sp³-hybridized carbons (Fsp3) is 0.625. The molecule has 0 unspecified atom stereocenters. The molecule has 1 N–H and O–H groups in total. The molecule has 1 heterocycles. The second-order valence-electron chi connectivity index (χ2n) is 3.03. The van der Waals surface area contributed by atoms with Crippen molar-refractivity contribution in [1.82, 2.24) is 10.2 Å². The number of rotatable bonds is 2. The Bertz CT molecular complexity index is 263. The Balaban J connectivity index is 2.33. The number of aromatic nitrogens is 2. The minimum Gasteiger partial charge on any atom is -0.281 e. The van der Waals surface area contributed by atoms with E-state index in [1.54, 1.807) is 0 Å². The first-order chi connectivity index (χ1) is 5.33. The van der Waals surface area contributed by atoms with E-state index in [9.17, 15) is 0 Å². The summed E-state index contributed by atoms with van der Waals surface area (Å²) >= 11 is 6.07. The quantitative estimate of drug-likeness (QED) is 0.726. The molecule has 1 aromatic heterocycles. The Morgan fingerprint density at radius 2 is 2.36 bits per heavy atom. The van der Waals surface area contributed by atoms with Gasteiger partial charge in [-0.3, -0.25) is 5.10 Å². The zero-order valence-electron chi connectivity index (χ0n) is 6.52. The Hall–Kier alpha value is -0.500. The van der Waals surface area contributed by atoms with Crippen LogP contribution in [0.15, 0.2) is 0 Å². The minimum atomic E-state index is 0.652. The van der Waals surface area contributed by atoms with Crippen molar-refractivity contribution in [3.05, 3.63) is 16.4 Å². The number of aromatic amines is 1. The molecule has 0 radical (unpaired) electrons. The number of H-pyrrole nitrogens is 1. The molecule has 1 aliphatic carbocycles. The molecule has 60 valence electrons. The Labute approximate surface area is 71.0 Å². The third-order valence-electron chi connectivity index (χ3n) is 2.12. The van der Waals surface area contributed by atoms with Gasteiger partial charge in [-0.1, -0.05) is 18.5 Å². The first-order valence-corrected chi connectivity index (χ1v) is 4.43. The third kappa shape index (κ3) is 1.16. The summed E-state index contributed by atoms with van der Waals surface area (Å²) in [5.74, 6) is 0.652. The summed E-state index contributed by atoms with van der Waals surface area (Å²) in [5.41, 5.74) is 2.16. The average molecular weight is 171 g/mol. The first kappa shape index (κ1) is 7.17. The number of nitrogens with one attached hydrogen (secondary N) is 1. The lowest BCUT2D eigenvalue weighted by molar-refractivity contribution is 0.931. The van der Waals surface area contributed by atoms with E-state index in [0.717, 1.165) is 22.8 Å². The van der Waals surface area contributed by atoms with Crippen LogP contribution in [0.4, 0.5) is 0 Å². The molecule has 0 amide bonds. The predicted molar refractivity (Wildman–Crippen MR) is 45.0 cm³/mol. The van der Waals surface area contributed by atoms with Crippen LogP contribution in [-0.4, -0.2) is 10.2 Å². The van der Waals surface area contributed by atoms with Gasteiger partial charge in [0, 0.05) is 5.92 Å². The molecule has 0 spiro atoms. The molecule has 1 fully saturated rings. The highest BCUT2D eigenvalue weighted by Crippen LogP contribution is 2.42. The van der Waals surface area contributed by atoms with Crippen LogP contribution in [0.5, 0.6) is 0 Å². The van der Waals surface area contributed by atoms with E-state index in [0.29, 0.717) is 5.92 Å². The van der Waals surface area contributed by atoms with E-state index in [4.69, 9.17) is 11.6 Å². The summed E-state index contributed by atoms with van der Waals surface area (Å²) in [4.78, 5) is 0. The highest BCUT2D eigenvalue weighted by atomic mass is 35.5. The lowest BCUT2D eigenvalue weighted by atomic mass is 10.2. The molecule has 0 atom stereocenters. The van der Waals surface area contributed by atoms with Crippen LogP contribution in [0, 0.1) is 0 Å². The Morgan fingerprint density at radius 3 is 2.82 bits per heavy atom. The van der Waals surface area contributed by atoms with Crippen LogP contribution >= 0.6 is 11.6 Å². The molecule has 11 heavy (non-hydrogen) atoms. The summed E-state index contributed by atoms with van der Waals surface area (Å²) < 4.78 is 0. The lowest BCUT2D eigenvalue weighted by Crippen LogP contribution is -1.79. The molecule has 0 saturated heterocycles. The van der Waals surface area contributed by atoms with Crippen LogP contribution in [0.25, 0.3) is 0 Å². The molecular weight excluding hydrogens is 160 g/mol. The molecule has 1 aliphatic rings. The highest BCUT2D eigenvalue weighted by Gasteiger charge is 2.29. The standard InChI is InChI=1S/C8H11ClN2/c1-2-6-7(9)8(11-10-6)5-3-4-5/h5H,2-4H2,1H3,(H,10,11). The maximum atomic E-state index is 6.07. The van der Waals surface area contributed by atoms with Crippen LogP contribution < -0.4 is 0 Å². The molecule has 1 aromatic rings. The van der Waals surface area contributed by atoms with Crippen molar-refractivity contribution in [2.45, 2.75) is 32.1 Å². The van der Waals surface area contributed by atoms with E-state index in [1.807, 2.05) is 0 Å². The minimum absolute atomic E-state index is 0.652. The molecule has 0 aliphatic heterocycles. The summed E-state index contributed by atoms with van der Waals surface area (Å²) in [5, 5.41) is 8.03. The van der Waals surface area contributed by atoms with E-state index >= 15 is 0 Å². The van der Waals surface area contributed by atoms with E-state index in [1.165, 1.54) is 12.8 Å². The van der Waals surface area contributed by atoms with Gasteiger partial charge in [-0.2, -0.15) is 5.10 Å². The maximum Gasteiger partial charge on any atom is 0.0850 e.